The summed E-state index contributed by atoms with van der Waals surface area (Å²) >= 11 is 6.11. The lowest BCUT2D eigenvalue weighted by Gasteiger charge is -2.33. The van der Waals surface area contributed by atoms with Crippen LogP contribution in [0.5, 0.6) is 5.75 Å². The fraction of sp³-hybridized carbons (Fsp3) is 0.417. The highest BCUT2D eigenvalue weighted by Crippen LogP contribution is 2.27. The van der Waals surface area contributed by atoms with Crippen molar-refractivity contribution in [1.82, 2.24) is 10.2 Å². The van der Waals surface area contributed by atoms with Crippen LogP contribution in [0.25, 0.3) is 0 Å². The van der Waals surface area contributed by atoms with Crippen LogP contribution < -0.4 is 14.4 Å². The van der Waals surface area contributed by atoms with Crippen LogP contribution in [0, 0.1) is 6.92 Å². The summed E-state index contributed by atoms with van der Waals surface area (Å²) in [4.78, 5) is 27.8. The molecule has 2 amide bonds. The van der Waals surface area contributed by atoms with Crippen molar-refractivity contribution >= 4 is 39.1 Å². The first kappa shape index (κ1) is 27.5. The van der Waals surface area contributed by atoms with Crippen molar-refractivity contribution in [2.75, 3.05) is 30.8 Å². The van der Waals surface area contributed by atoms with Gasteiger partial charge in [-0.3, -0.25) is 13.9 Å². The number of amides is 2. The van der Waals surface area contributed by atoms with E-state index in [0.717, 1.165) is 16.1 Å². The van der Waals surface area contributed by atoms with Gasteiger partial charge in [-0.25, -0.2) is 8.42 Å². The maximum atomic E-state index is 13.6. The first-order chi connectivity index (χ1) is 16.0. The summed E-state index contributed by atoms with van der Waals surface area (Å²) in [7, 11) is -2.28. The molecule has 0 aliphatic rings. The third-order valence-electron chi connectivity index (χ3n) is 5.34. The number of halogens is 1. The number of anilines is 1. The average molecular weight is 510 g/mol. The lowest BCUT2D eigenvalue weighted by molar-refractivity contribution is -0.140. The number of likely N-dealkylation sites (N-methyl/N-ethyl adjacent to an activating group) is 1. The molecule has 0 spiro atoms. The predicted octanol–water partition coefficient (Wildman–Crippen LogP) is 3.37. The van der Waals surface area contributed by atoms with Crippen LogP contribution in [-0.2, 0) is 26.2 Å². The second kappa shape index (κ2) is 12.1. The number of nitrogens with zero attached hydrogens (tertiary/aromatic N) is 2. The largest absolute Gasteiger partial charge is 0.497 e. The third kappa shape index (κ3) is 7.11. The van der Waals surface area contributed by atoms with Gasteiger partial charge in [0.15, 0.2) is 0 Å². The topological polar surface area (TPSA) is 96.0 Å². The van der Waals surface area contributed by atoms with Crippen LogP contribution in [0.15, 0.2) is 42.5 Å². The Kier molecular flexibility index (Phi) is 9.76. The van der Waals surface area contributed by atoms with E-state index in [1.54, 1.807) is 58.2 Å². The fourth-order valence-corrected chi connectivity index (χ4v) is 4.69. The Hall–Kier alpha value is -2.78. The summed E-state index contributed by atoms with van der Waals surface area (Å²) < 4.78 is 31.7. The molecule has 2 aromatic rings. The van der Waals surface area contributed by atoms with E-state index in [1.807, 2.05) is 6.07 Å². The number of nitrogens with one attached hydrogen (secondary N) is 1. The Bertz CT molecular complexity index is 1120. The Morgan fingerprint density at radius 3 is 2.44 bits per heavy atom. The van der Waals surface area contributed by atoms with E-state index < -0.39 is 28.5 Å². The minimum atomic E-state index is -3.83. The number of sulfonamides is 1. The van der Waals surface area contributed by atoms with E-state index >= 15 is 0 Å². The molecular weight excluding hydrogens is 478 g/mol. The van der Waals surface area contributed by atoms with Crippen molar-refractivity contribution < 1.29 is 22.7 Å². The maximum absolute atomic E-state index is 13.6. The molecule has 0 aliphatic heterocycles. The monoisotopic (exact) mass is 509 g/mol. The molecule has 0 aromatic heterocycles. The SMILES string of the molecule is CCNC(=O)C(CC)N(Cc1cccc(OC)c1)C(=O)CN(c1cc(Cl)ccc1C)S(C)(=O)=O. The summed E-state index contributed by atoms with van der Waals surface area (Å²) in [6.07, 6.45) is 1.39. The van der Waals surface area contributed by atoms with Crippen LogP contribution in [0.4, 0.5) is 5.69 Å². The summed E-state index contributed by atoms with van der Waals surface area (Å²) in [5, 5.41) is 3.12. The molecule has 186 valence electrons. The van der Waals surface area contributed by atoms with Gasteiger partial charge >= 0.3 is 0 Å². The van der Waals surface area contributed by atoms with Gasteiger partial charge in [-0.15, -0.1) is 0 Å². The highest BCUT2D eigenvalue weighted by Gasteiger charge is 2.32. The number of carbonyl (C=O) groups excluding carboxylic acids is 2. The molecule has 0 radical (unpaired) electrons. The molecule has 10 heteroatoms. The van der Waals surface area contributed by atoms with Crippen molar-refractivity contribution in [3.8, 4) is 5.75 Å². The van der Waals surface area contributed by atoms with E-state index in [1.165, 1.54) is 11.0 Å². The minimum absolute atomic E-state index is 0.109. The number of hydrogen-bond donors (Lipinski definition) is 1. The van der Waals surface area contributed by atoms with Gasteiger partial charge in [-0.05, 0) is 55.7 Å². The van der Waals surface area contributed by atoms with Crippen molar-refractivity contribution in [2.45, 2.75) is 39.8 Å². The molecule has 1 N–H and O–H groups in total. The van der Waals surface area contributed by atoms with Gasteiger partial charge in [0.1, 0.15) is 18.3 Å². The Labute approximate surface area is 206 Å². The molecule has 1 atom stereocenters. The van der Waals surface area contributed by atoms with Gasteiger partial charge in [0, 0.05) is 18.1 Å². The molecule has 0 aliphatic carbocycles. The molecule has 0 saturated carbocycles. The van der Waals surface area contributed by atoms with Crippen LogP contribution >= 0.6 is 11.6 Å². The Morgan fingerprint density at radius 2 is 1.85 bits per heavy atom. The lowest BCUT2D eigenvalue weighted by atomic mass is 10.1. The van der Waals surface area contributed by atoms with E-state index in [0.29, 0.717) is 35.0 Å². The van der Waals surface area contributed by atoms with Crippen molar-refractivity contribution in [3.63, 3.8) is 0 Å². The summed E-state index contributed by atoms with van der Waals surface area (Å²) in [5.41, 5.74) is 1.72. The van der Waals surface area contributed by atoms with Crippen molar-refractivity contribution in [3.05, 3.63) is 58.6 Å². The van der Waals surface area contributed by atoms with Gasteiger partial charge in [0.25, 0.3) is 0 Å². The fourth-order valence-electron chi connectivity index (χ4n) is 3.63. The summed E-state index contributed by atoms with van der Waals surface area (Å²) in [5.74, 6) is -0.194. The molecule has 34 heavy (non-hydrogen) atoms. The maximum Gasteiger partial charge on any atom is 0.244 e. The highest BCUT2D eigenvalue weighted by molar-refractivity contribution is 7.92. The molecule has 0 bridgehead atoms. The molecule has 2 aromatic carbocycles. The molecule has 8 nitrogen and oxygen atoms in total. The zero-order chi connectivity index (χ0) is 25.5. The van der Waals surface area contributed by atoms with Crippen LogP contribution in [0.2, 0.25) is 5.02 Å². The highest BCUT2D eigenvalue weighted by atomic mass is 35.5. The van der Waals surface area contributed by atoms with Crippen LogP contribution in [-0.4, -0.2) is 57.6 Å². The summed E-state index contributed by atoms with van der Waals surface area (Å²) in [6, 6.07) is 11.3. The van der Waals surface area contributed by atoms with E-state index in [2.05, 4.69) is 5.32 Å². The van der Waals surface area contributed by atoms with Crippen LogP contribution in [0.1, 0.15) is 31.4 Å². The number of carbonyl (C=O) groups is 2. The number of aryl methyl sites for hydroxylation is 1. The average Bonchev–Trinajstić information content (AvgIpc) is 2.78. The zero-order valence-corrected chi connectivity index (χ0v) is 21.7. The quantitative estimate of drug-likeness (QED) is 0.501. The number of methoxy groups -OCH3 is 1. The van der Waals surface area contributed by atoms with E-state index in [-0.39, 0.29) is 12.5 Å². The lowest BCUT2D eigenvalue weighted by Crippen LogP contribution is -2.52. The van der Waals surface area contributed by atoms with Crippen molar-refractivity contribution in [2.24, 2.45) is 0 Å². The zero-order valence-electron chi connectivity index (χ0n) is 20.2. The summed E-state index contributed by atoms with van der Waals surface area (Å²) in [6.45, 7) is 5.39. The molecule has 2 rings (SSSR count). The number of benzene rings is 2. The first-order valence-corrected chi connectivity index (χ1v) is 13.2. The van der Waals surface area contributed by atoms with Crippen LogP contribution in [0.3, 0.4) is 0 Å². The second-order valence-corrected chi connectivity index (χ2v) is 10.2. The number of ether oxygens (including phenoxy) is 1. The predicted molar refractivity (Wildman–Crippen MR) is 135 cm³/mol. The minimum Gasteiger partial charge on any atom is -0.497 e. The molecular formula is C24H32ClN3O5S. The van der Waals surface area contributed by atoms with Gasteiger partial charge in [-0.2, -0.15) is 0 Å². The van der Waals surface area contributed by atoms with Gasteiger partial charge in [0.2, 0.25) is 21.8 Å². The van der Waals surface area contributed by atoms with Gasteiger partial charge in [0.05, 0.1) is 19.1 Å². The van der Waals surface area contributed by atoms with E-state index in [4.69, 9.17) is 16.3 Å². The standard InChI is InChI=1S/C24H32ClN3O5S/c1-6-21(24(30)26-7-2)27(15-18-9-8-10-20(13-18)33-4)23(29)16-28(34(5,31)32)22-14-19(25)12-11-17(22)3/h8-14,21H,6-7,15-16H2,1-5H3,(H,26,30). The second-order valence-electron chi connectivity index (χ2n) is 7.89. The molecule has 0 fully saturated rings. The smallest absolute Gasteiger partial charge is 0.244 e. The Morgan fingerprint density at radius 1 is 1.15 bits per heavy atom. The number of hydrogen-bond acceptors (Lipinski definition) is 5. The molecule has 1 unspecified atom stereocenters. The van der Waals surface area contributed by atoms with Crippen molar-refractivity contribution in [1.29, 1.82) is 0 Å². The van der Waals surface area contributed by atoms with Gasteiger partial charge < -0.3 is 15.0 Å². The normalized spacial score (nSPS) is 12.1. The molecule has 0 saturated heterocycles. The first-order valence-electron chi connectivity index (χ1n) is 11.0. The third-order valence-corrected chi connectivity index (χ3v) is 6.70. The molecule has 0 heterocycles. The van der Waals surface area contributed by atoms with Gasteiger partial charge in [-0.1, -0.05) is 36.7 Å². The van der Waals surface area contributed by atoms with E-state index in [9.17, 15) is 18.0 Å². The number of rotatable bonds is 11. The Balaban J connectivity index is 2.49.